The molecule has 2 heterocycles. The van der Waals surface area contributed by atoms with Crippen LogP contribution in [0.5, 0.6) is 0 Å². The van der Waals surface area contributed by atoms with Crippen LogP contribution < -0.4 is 0 Å². The highest BCUT2D eigenvalue weighted by Crippen LogP contribution is 2.29. The zero-order chi connectivity index (χ0) is 15.1. The maximum absolute atomic E-state index is 12.4. The van der Waals surface area contributed by atoms with Gasteiger partial charge in [-0.1, -0.05) is 0 Å². The number of nitrogens with zero attached hydrogens (tertiary/aromatic N) is 3. The Kier molecular flexibility index (Phi) is 3.58. The molecule has 0 bridgehead atoms. The average Bonchev–Trinajstić information content (AvgIpc) is 2.92. The van der Waals surface area contributed by atoms with Gasteiger partial charge in [0.25, 0.3) is 5.91 Å². The first kappa shape index (κ1) is 14.6. The summed E-state index contributed by atoms with van der Waals surface area (Å²) < 4.78 is 6.97. The van der Waals surface area contributed by atoms with Crippen LogP contribution >= 0.6 is 0 Å². The number of esters is 1. The van der Waals surface area contributed by atoms with Crippen molar-refractivity contribution in [2.24, 2.45) is 0 Å². The van der Waals surface area contributed by atoms with Crippen molar-refractivity contribution < 1.29 is 14.3 Å². The first-order chi connectivity index (χ1) is 9.21. The molecule has 0 spiro atoms. The minimum atomic E-state index is -0.540. The summed E-state index contributed by atoms with van der Waals surface area (Å²) in [5.41, 5.74) is -0.174. The molecule has 0 unspecified atom stereocenters. The fourth-order valence-corrected chi connectivity index (χ4v) is 2.29. The molecule has 1 aliphatic rings. The maximum atomic E-state index is 12.4. The van der Waals surface area contributed by atoms with Gasteiger partial charge >= 0.3 is 5.97 Å². The number of hydrogen-bond donors (Lipinski definition) is 0. The van der Waals surface area contributed by atoms with Crippen LogP contribution in [0, 0.1) is 0 Å². The summed E-state index contributed by atoms with van der Waals surface area (Å²) in [4.78, 5) is 25.6. The highest BCUT2D eigenvalue weighted by molar-refractivity contribution is 5.95. The lowest BCUT2D eigenvalue weighted by atomic mass is 10.0. The van der Waals surface area contributed by atoms with Crippen LogP contribution in [0.2, 0.25) is 0 Å². The molecule has 1 amide bonds. The number of carbonyl (C=O) groups is 2. The minimum Gasteiger partial charge on any atom is -0.458 e. The Morgan fingerprint density at radius 2 is 2.20 bits per heavy atom. The third-order valence-corrected chi connectivity index (χ3v) is 3.48. The zero-order valence-electron chi connectivity index (χ0n) is 12.6. The van der Waals surface area contributed by atoms with Crippen molar-refractivity contribution in [2.75, 3.05) is 7.05 Å². The van der Waals surface area contributed by atoms with E-state index in [9.17, 15) is 9.59 Å². The van der Waals surface area contributed by atoms with Gasteiger partial charge in [0.1, 0.15) is 17.3 Å². The summed E-state index contributed by atoms with van der Waals surface area (Å²) in [5.74, 6) is -0.613. The largest absolute Gasteiger partial charge is 0.458 e. The first-order valence-electron chi connectivity index (χ1n) is 6.76. The fourth-order valence-electron chi connectivity index (χ4n) is 2.29. The highest BCUT2D eigenvalue weighted by atomic mass is 16.6. The number of likely N-dealkylation sites (N-methyl/N-ethyl adjacent to an activating group) is 1. The molecule has 110 valence electrons. The lowest BCUT2D eigenvalue weighted by Crippen LogP contribution is -2.40. The molecule has 2 rings (SSSR count). The van der Waals surface area contributed by atoms with E-state index in [1.165, 1.54) is 4.90 Å². The van der Waals surface area contributed by atoms with Crippen molar-refractivity contribution >= 4 is 11.9 Å². The van der Waals surface area contributed by atoms with Crippen LogP contribution in [-0.4, -0.2) is 45.2 Å². The zero-order valence-corrected chi connectivity index (χ0v) is 12.6. The Morgan fingerprint density at radius 3 is 2.65 bits per heavy atom. The molecular formula is C14H21N3O3. The van der Waals surface area contributed by atoms with E-state index in [0.29, 0.717) is 12.1 Å². The molecule has 0 aliphatic carbocycles. The quantitative estimate of drug-likeness (QED) is 0.789. The smallest absolute Gasteiger partial charge is 0.329 e. The van der Waals surface area contributed by atoms with Crippen molar-refractivity contribution in [2.45, 2.75) is 51.8 Å². The lowest BCUT2D eigenvalue weighted by Gasteiger charge is -2.21. The summed E-state index contributed by atoms with van der Waals surface area (Å²) in [6.45, 7) is 7.66. The topological polar surface area (TPSA) is 64.4 Å². The van der Waals surface area contributed by atoms with Gasteiger partial charge in [-0.2, -0.15) is 5.10 Å². The Bertz CT molecular complexity index is 534. The van der Waals surface area contributed by atoms with E-state index in [0.717, 1.165) is 0 Å². The second kappa shape index (κ2) is 4.92. The molecule has 1 atom stereocenters. The molecule has 0 saturated carbocycles. The van der Waals surface area contributed by atoms with Gasteiger partial charge in [-0.05, 0) is 33.8 Å². The number of aromatic nitrogens is 2. The third kappa shape index (κ3) is 2.69. The van der Waals surface area contributed by atoms with Crippen molar-refractivity contribution in [3.05, 3.63) is 18.0 Å². The van der Waals surface area contributed by atoms with Crippen molar-refractivity contribution in [1.82, 2.24) is 14.7 Å². The standard InChI is InChI=1S/C14H21N3O3/c1-9(2)17-7-6-10(15-17)12(18)16(5)11-8-14(3,4)20-13(11)19/h6-7,9,11H,8H2,1-5H3/t11-/m0/s1. The number of carbonyl (C=O) groups excluding carboxylic acids is 2. The predicted molar refractivity (Wildman–Crippen MR) is 73.3 cm³/mol. The van der Waals surface area contributed by atoms with Crippen molar-refractivity contribution in [1.29, 1.82) is 0 Å². The Hall–Kier alpha value is -1.85. The second-order valence-corrected chi connectivity index (χ2v) is 6.09. The van der Waals surface area contributed by atoms with Crippen LogP contribution in [0.1, 0.15) is 50.6 Å². The Morgan fingerprint density at radius 1 is 1.55 bits per heavy atom. The molecule has 0 N–H and O–H groups in total. The summed E-state index contributed by atoms with van der Waals surface area (Å²) in [7, 11) is 1.62. The van der Waals surface area contributed by atoms with E-state index in [1.807, 2.05) is 27.7 Å². The van der Waals surface area contributed by atoms with Gasteiger partial charge in [-0.15, -0.1) is 0 Å². The van der Waals surface area contributed by atoms with Crippen LogP contribution in [0.3, 0.4) is 0 Å². The van der Waals surface area contributed by atoms with Gasteiger partial charge in [-0.3, -0.25) is 9.48 Å². The molecule has 6 nitrogen and oxygen atoms in total. The maximum Gasteiger partial charge on any atom is 0.329 e. The minimum absolute atomic E-state index is 0.192. The highest BCUT2D eigenvalue weighted by Gasteiger charge is 2.43. The number of rotatable bonds is 3. The van der Waals surface area contributed by atoms with Crippen LogP contribution in [0.25, 0.3) is 0 Å². The van der Waals surface area contributed by atoms with E-state index >= 15 is 0 Å². The van der Waals surface area contributed by atoms with Gasteiger partial charge in [0.15, 0.2) is 0 Å². The van der Waals surface area contributed by atoms with Crippen LogP contribution in [0.15, 0.2) is 12.3 Å². The molecule has 0 radical (unpaired) electrons. The van der Waals surface area contributed by atoms with Crippen LogP contribution in [-0.2, 0) is 9.53 Å². The molecule has 1 aliphatic heterocycles. The summed E-state index contributed by atoms with van der Waals surface area (Å²) in [6.07, 6.45) is 2.27. The summed E-state index contributed by atoms with van der Waals surface area (Å²) >= 11 is 0. The Labute approximate surface area is 118 Å². The van der Waals surface area contributed by atoms with Gasteiger partial charge in [0.2, 0.25) is 0 Å². The Balaban J connectivity index is 2.14. The molecule has 1 fully saturated rings. The van der Waals surface area contributed by atoms with E-state index in [1.54, 1.807) is 24.0 Å². The first-order valence-corrected chi connectivity index (χ1v) is 6.76. The molecule has 1 saturated heterocycles. The monoisotopic (exact) mass is 279 g/mol. The third-order valence-electron chi connectivity index (χ3n) is 3.48. The lowest BCUT2D eigenvalue weighted by molar-refractivity contribution is -0.148. The van der Waals surface area contributed by atoms with Gasteiger partial charge in [0.05, 0.1) is 0 Å². The SMILES string of the molecule is CC(C)n1ccc(C(=O)N(C)[C@H]2CC(C)(C)OC2=O)n1. The number of amides is 1. The molecule has 0 aromatic carbocycles. The van der Waals surface area contributed by atoms with E-state index < -0.39 is 11.6 Å². The van der Waals surface area contributed by atoms with E-state index in [4.69, 9.17) is 4.74 Å². The van der Waals surface area contributed by atoms with E-state index in [-0.39, 0.29) is 17.9 Å². The predicted octanol–water partition coefficient (Wildman–Crippen LogP) is 1.63. The molecule has 6 heteroatoms. The average molecular weight is 279 g/mol. The van der Waals surface area contributed by atoms with Gasteiger partial charge in [0, 0.05) is 25.7 Å². The number of ether oxygens (including phenoxy) is 1. The second-order valence-electron chi connectivity index (χ2n) is 6.09. The molecule has 1 aromatic rings. The summed E-state index contributed by atoms with van der Waals surface area (Å²) in [5, 5.41) is 4.24. The normalized spacial score (nSPS) is 21.1. The van der Waals surface area contributed by atoms with Gasteiger partial charge < -0.3 is 9.64 Å². The number of hydrogen-bond acceptors (Lipinski definition) is 4. The molecule has 1 aromatic heterocycles. The van der Waals surface area contributed by atoms with Crippen molar-refractivity contribution in [3.8, 4) is 0 Å². The summed E-state index contributed by atoms with van der Waals surface area (Å²) in [6, 6.07) is 1.32. The van der Waals surface area contributed by atoms with Crippen LogP contribution in [0.4, 0.5) is 0 Å². The molecular weight excluding hydrogens is 258 g/mol. The van der Waals surface area contributed by atoms with Crippen molar-refractivity contribution in [3.63, 3.8) is 0 Å². The molecule has 20 heavy (non-hydrogen) atoms. The number of cyclic esters (lactones) is 1. The fraction of sp³-hybridized carbons (Fsp3) is 0.643. The van der Waals surface area contributed by atoms with E-state index in [2.05, 4.69) is 5.10 Å². The van der Waals surface area contributed by atoms with Gasteiger partial charge in [-0.25, -0.2) is 4.79 Å².